The third kappa shape index (κ3) is 4.56. The Morgan fingerprint density at radius 3 is 1.33 bits per heavy atom. The molecule has 0 spiro atoms. The zero-order valence-electron chi connectivity index (χ0n) is 25.6. The second-order valence-electron chi connectivity index (χ2n) is 14.0. The summed E-state index contributed by atoms with van der Waals surface area (Å²) in [6, 6.07) is 41.3. The van der Waals surface area contributed by atoms with E-state index >= 15 is 0 Å². The van der Waals surface area contributed by atoms with Gasteiger partial charge in [-0.15, -0.1) is 0 Å². The number of esters is 1. The zero-order chi connectivity index (χ0) is 31.4. The summed E-state index contributed by atoms with van der Waals surface area (Å²) < 4.78 is 5.59. The van der Waals surface area contributed by atoms with E-state index in [1.54, 1.807) is 30.5 Å². The number of carboxylic acid groups (broad SMARTS) is 1. The van der Waals surface area contributed by atoms with Crippen LogP contribution < -0.4 is 4.74 Å². The van der Waals surface area contributed by atoms with Crippen molar-refractivity contribution in [3.8, 4) is 5.75 Å². The Labute approximate surface area is 268 Å². The van der Waals surface area contributed by atoms with Gasteiger partial charge >= 0.3 is 11.9 Å². The van der Waals surface area contributed by atoms with Crippen LogP contribution in [0.15, 0.2) is 134 Å². The molecular formula is C41H35NO4. The van der Waals surface area contributed by atoms with Crippen molar-refractivity contribution in [2.45, 2.75) is 60.2 Å². The van der Waals surface area contributed by atoms with Crippen LogP contribution in [0, 0.1) is 0 Å². The fourth-order valence-electron chi connectivity index (χ4n) is 9.94. The van der Waals surface area contributed by atoms with Gasteiger partial charge in [-0.1, -0.05) is 84.9 Å². The average molecular weight is 606 g/mol. The molecule has 4 bridgehead atoms. The highest BCUT2D eigenvalue weighted by Crippen LogP contribution is 2.74. The minimum absolute atomic E-state index is 0.0742. The summed E-state index contributed by atoms with van der Waals surface area (Å²) in [7, 11) is 0. The maximum absolute atomic E-state index is 13.1. The molecule has 0 aliphatic heterocycles. The number of aromatic nitrogens is 1. The maximum atomic E-state index is 13.1. The van der Waals surface area contributed by atoms with Crippen LogP contribution in [-0.4, -0.2) is 22.0 Å². The molecule has 4 aliphatic rings. The minimum atomic E-state index is -0.905. The fraction of sp³-hybridized carbons (Fsp3) is 0.244. The predicted molar refractivity (Wildman–Crippen MR) is 176 cm³/mol. The van der Waals surface area contributed by atoms with Crippen molar-refractivity contribution < 1.29 is 19.4 Å². The topological polar surface area (TPSA) is 76.5 Å². The monoisotopic (exact) mass is 605 g/mol. The Bertz CT molecular complexity index is 1850. The van der Waals surface area contributed by atoms with Crippen LogP contribution in [0.2, 0.25) is 0 Å². The minimum Gasteiger partial charge on any atom is -0.478 e. The third-order valence-electron chi connectivity index (χ3n) is 11.2. The van der Waals surface area contributed by atoms with Crippen LogP contribution in [0.25, 0.3) is 0 Å². The highest BCUT2D eigenvalue weighted by atomic mass is 16.5. The van der Waals surface area contributed by atoms with E-state index in [-0.39, 0.29) is 21.7 Å². The first-order chi connectivity index (χ1) is 22.3. The van der Waals surface area contributed by atoms with E-state index in [1.807, 2.05) is 12.1 Å². The summed E-state index contributed by atoms with van der Waals surface area (Å²) in [5.41, 5.74) is 5.58. The van der Waals surface area contributed by atoms with E-state index in [1.165, 1.54) is 28.5 Å². The Morgan fingerprint density at radius 1 is 0.522 bits per heavy atom. The number of rotatable bonds is 7. The summed E-state index contributed by atoms with van der Waals surface area (Å²) in [5, 5.41) is 9.69. The summed E-state index contributed by atoms with van der Waals surface area (Å²) in [6.45, 7) is 0. The second kappa shape index (κ2) is 10.5. The Kier molecular flexibility index (Phi) is 6.50. The molecule has 4 aromatic carbocycles. The summed E-state index contributed by atoms with van der Waals surface area (Å²) in [5.74, 6) is -0.887. The smallest absolute Gasteiger partial charge is 0.343 e. The number of hydrogen-bond donors (Lipinski definition) is 1. The van der Waals surface area contributed by atoms with Gasteiger partial charge in [0.1, 0.15) is 5.75 Å². The number of aromatic carboxylic acids is 1. The van der Waals surface area contributed by atoms with E-state index in [9.17, 15) is 14.7 Å². The molecule has 2 unspecified atom stereocenters. The first kappa shape index (κ1) is 28.4. The highest BCUT2D eigenvalue weighted by molar-refractivity contribution is 5.91. The van der Waals surface area contributed by atoms with Crippen LogP contribution in [0.3, 0.4) is 0 Å². The van der Waals surface area contributed by atoms with Gasteiger partial charge in [0.05, 0.1) is 17.3 Å². The van der Waals surface area contributed by atoms with Crippen LogP contribution in [0.5, 0.6) is 5.75 Å². The summed E-state index contributed by atoms with van der Waals surface area (Å²) >= 11 is 0. The van der Waals surface area contributed by atoms with Crippen molar-refractivity contribution in [2.75, 3.05) is 0 Å². The maximum Gasteiger partial charge on any atom is 0.343 e. The summed E-state index contributed by atoms with van der Waals surface area (Å²) in [4.78, 5) is 28.9. The van der Waals surface area contributed by atoms with E-state index in [0.29, 0.717) is 16.9 Å². The number of benzene rings is 4. The zero-order valence-corrected chi connectivity index (χ0v) is 25.6. The van der Waals surface area contributed by atoms with Crippen molar-refractivity contribution in [2.24, 2.45) is 0 Å². The predicted octanol–water partition coefficient (Wildman–Crippen LogP) is 8.43. The third-order valence-corrected chi connectivity index (χ3v) is 11.2. The molecule has 4 aliphatic carbocycles. The first-order valence-corrected chi connectivity index (χ1v) is 16.0. The Hall–Kier alpha value is -5.03. The number of nitrogens with zero attached hydrogens (tertiary/aromatic N) is 1. The highest BCUT2D eigenvalue weighted by Gasteiger charge is 2.69. The van der Waals surface area contributed by atoms with E-state index in [0.717, 1.165) is 38.5 Å². The molecule has 46 heavy (non-hydrogen) atoms. The molecule has 1 aromatic heterocycles. The molecule has 228 valence electrons. The standard InChI is InChI=1S/C41H35NO4/c43-36(44)29-13-17-33(18-14-29)40-24-38(31-8-3-1-4-9-31)23-39(25-40,32-10-5-2-6-11-32)27-41(26-38,28-40)34-19-15-30(16-20-34)37(45)46-35-12-7-21-42-22-35/h1-22H,23-28H2,(H,43,44). The SMILES string of the molecule is O=C(O)c1ccc(C23CC4(c5ccccc5)CC(c5ccccc5)(C2)CC(c2ccc(C(=O)Oc5cccnc5)cc2)(C4)C3)cc1. The van der Waals surface area contributed by atoms with Crippen molar-refractivity contribution >= 4 is 11.9 Å². The van der Waals surface area contributed by atoms with Gasteiger partial charge in [0.25, 0.3) is 0 Å². The lowest BCUT2D eigenvalue weighted by Gasteiger charge is -2.71. The lowest BCUT2D eigenvalue weighted by molar-refractivity contribution is -0.0692. The number of carbonyl (C=O) groups excluding carboxylic acids is 1. The molecule has 0 radical (unpaired) electrons. The van der Waals surface area contributed by atoms with Crippen molar-refractivity contribution in [3.05, 3.63) is 167 Å². The van der Waals surface area contributed by atoms with Gasteiger partial charge in [0.15, 0.2) is 0 Å². The molecule has 5 aromatic rings. The van der Waals surface area contributed by atoms with Gasteiger partial charge in [-0.05, 0) is 119 Å². The first-order valence-electron chi connectivity index (χ1n) is 16.0. The van der Waals surface area contributed by atoms with Crippen LogP contribution in [0.4, 0.5) is 0 Å². The number of ether oxygens (including phenoxy) is 1. The largest absolute Gasteiger partial charge is 0.478 e. The molecule has 0 saturated heterocycles. The van der Waals surface area contributed by atoms with Crippen molar-refractivity contribution in [1.82, 2.24) is 4.98 Å². The van der Waals surface area contributed by atoms with Crippen LogP contribution in [-0.2, 0) is 21.7 Å². The molecule has 5 heteroatoms. The van der Waals surface area contributed by atoms with Gasteiger partial charge in [-0.2, -0.15) is 0 Å². The van der Waals surface area contributed by atoms with Crippen molar-refractivity contribution in [1.29, 1.82) is 0 Å². The van der Waals surface area contributed by atoms with Crippen LogP contribution in [0.1, 0.15) is 81.5 Å². The molecular weight excluding hydrogens is 570 g/mol. The molecule has 1 heterocycles. The van der Waals surface area contributed by atoms with Crippen LogP contribution >= 0.6 is 0 Å². The molecule has 0 amide bonds. The quantitative estimate of drug-likeness (QED) is 0.189. The van der Waals surface area contributed by atoms with Gasteiger partial charge in [-0.25, -0.2) is 9.59 Å². The molecule has 5 nitrogen and oxygen atoms in total. The lowest BCUT2D eigenvalue weighted by Crippen LogP contribution is -2.67. The lowest BCUT2D eigenvalue weighted by atomic mass is 9.32. The number of carbonyl (C=O) groups is 2. The second-order valence-corrected chi connectivity index (χ2v) is 14.0. The Morgan fingerprint density at radius 2 is 0.935 bits per heavy atom. The van der Waals surface area contributed by atoms with Gasteiger partial charge in [0, 0.05) is 6.20 Å². The number of carboxylic acids is 1. The Balaban J connectivity index is 1.28. The van der Waals surface area contributed by atoms with Gasteiger partial charge < -0.3 is 9.84 Å². The molecule has 1 N–H and O–H groups in total. The van der Waals surface area contributed by atoms with E-state index < -0.39 is 11.9 Å². The van der Waals surface area contributed by atoms with Crippen molar-refractivity contribution in [3.63, 3.8) is 0 Å². The summed E-state index contributed by atoms with van der Waals surface area (Å²) in [6.07, 6.45) is 9.30. The van der Waals surface area contributed by atoms with Gasteiger partial charge in [-0.3, -0.25) is 4.98 Å². The molecule has 2 atom stereocenters. The average Bonchev–Trinajstić information content (AvgIpc) is 3.09. The molecule has 4 fully saturated rings. The van der Waals surface area contributed by atoms with E-state index in [2.05, 4.69) is 89.9 Å². The fourth-order valence-corrected chi connectivity index (χ4v) is 9.94. The van der Waals surface area contributed by atoms with E-state index in [4.69, 9.17) is 4.74 Å². The molecule has 4 saturated carbocycles. The molecule has 9 rings (SSSR count). The van der Waals surface area contributed by atoms with Gasteiger partial charge in [0.2, 0.25) is 0 Å². The number of hydrogen-bond acceptors (Lipinski definition) is 4. The normalized spacial score (nSPS) is 27.7. The number of pyridine rings is 1.